The highest BCUT2D eigenvalue weighted by Gasteiger charge is 2.58. The maximum atomic E-state index is 2.81. The molecule has 0 aromatic carbocycles. The quantitative estimate of drug-likeness (QED) is 0.442. The van der Waals surface area contributed by atoms with Crippen LogP contribution in [0.4, 0.5) is 0 Å². The maximum absolute atomic E-state index is 2.81. The van der Waals surface area contributed by atoms with Crippen molar-refractivity contribution in [2.45, 2.75) is 101 Å². The molecule has 0 spiro atoms. The summed E-state index contributed by atoms with van der Waals surface area (Å²) in [5, 5.41) is 0. The third-order valence-corrected chi connectivity index (χ3v) is 15.2. The molecule has 6 rings (SSSR count). The number of aryl methyl sites for hydroxylation is 2. The van der Waals surface area contributed by atoms with Gasteiger partial charge in [0, 0.05) is 36.9 Å². The molecule has 6 unspecified atom stereocenters. The van der Waals surface area contributed by atoms with E-state index in [1.54, 1.807) is 22.5 Å². The molecule has 0 amide bonds. The van der Waals surface area contributed by atoms with Gasteiger partial charge < -0.3 is 9.13 Å². The molecule has 0 aliphatic heterocycles. The second-order valence-corrected chi connectivity index (χ2v) is 17.1. The Bertz CT molecular complexity index is 944. The van der Waals surface area contributed by atoms with Crippen molar-refractivity contribution in [2.24, 2.45) is 25.9 Å². The Kier molecular flexibility index (Phi) is 4.53. The molecule has 168 valence electrons. The monoisotopic (exact) mass is 434 g/mol. The van der Waals surface area contributed by atoms with E-state index in [-0.39, 0.29) is 0 Å². The van der Waals surface area contributed by atoms with Gasteiger partial charge in [-0.05, 0) is 97.5 Å². The number of rotatable bonds is 2. The van der Waals surface area contributed by atoms with Crippen molar-refractivity contribution in [1.82, 2.24) is 9.13 Å². The van der Waals surface area contributed by atoms with Gasteiger partial charge in [0.2, 0.25) is 0 Å². The Labute approximate surface area is 190 Å². The molecule has 2 aromatic heterocycles. The average molecular weight is 435 g/mol. The van der Waals surface area contributed by atoms with Gasteiger partial charge in [-0.25, -0.2) is 0 Å². The lowest BCUT2D eigenvalue weighted by Crippen LogP contribution is -2.48. The van der Waals surface area contributed by atoms with Crippen LogP contribution < -0.4 is 0 Å². The first kappa shape index (κ1) is 20.4. The van der Waals surface area contributed by atoms with Gasteiger partial charge in [-0.1, -0.05) is 38.8 Å². The minimum atomic E-state index is -1.63. The lowest BCUT2D eigenvalue weighted by Gasteiger charge is -2.46. The largest absolute Gasteiger partial charge is 0.352 e. The Hall–Kier alpha value is -1.22. The SMILES string of the molecule is Cc1cc2c(n1C)C([Si](C)(C)C1c3c(cc(C)n3C)C3CCCCC31)C1CCCCC21. The minimum Gasteiger partial charge on any atom is -0.352 e. The van der Waals surface area contributed by atoms with Gasteiger partial charge in [-0.15, -0.1) is 0 Å². The van der Waals surface area contributed by atoms with Gasteiger partial charge in [0.15, 0.2) is 0 Å². The predicted octanol–water partition coefficient (Wildman–Crippen LogP) is 7.21. The Morgan fingerprint density at radius 2 is 1.06 bits per heavy atom. The van der Waals surface area contributed by atoms with Gasteiger partial charge >= 0.3 is 0 Å². The van der Waals surface area contributed by atoms with E-state index < -0.39 is 8.07 Å². The molecule has 2 saturated carbocycles. The molecule has 6 atom stereocenters. The first-order chi connectivity index (χ1) is 14.8. The van der Waals surface area contributed by atoms with Crippen LogP contribution in [-0.4, -0.2) is 17.2 Å². The second-order valence-electron chi connectivity index (χ2n) is 12.3. The van der Waals surface area contributed by atoms with Crippen molar-refractivity contribution < 1.29 is 0 Å². The van der Waals surface area contributed by atoms with Crippen LogP contribution in [0.3, 0.4) is 0 Å². The molecular formula is C28H42N2Si. The van der Waals surface area contributed by atoms with Crippen LogP contribution >= 0.6 is 0 Å². The third-order valence-electron chi connectivity index (χ3n) is 10.6. The highest BCUT2D eigenvalue weighted by molar-refractivity contribution is 6.80. The van der Waals surface area contributed by atoms with Gasteiger partial charge in [-0.2, -0.15) is 0 Å². The predicted molar refractivity (Wildman–Crippen MR) is 133 cm³/mol. The van der Waals surface area contributed by atoms with Crippen molar-refractivity contribution in [3.05, 3.63) is 46.0 Å². The molecule has 2 heterocycles. The molecule has 2 fully saturated rings. The van der Waals surface area contributed by atoms with Gasteiger partial charge in [-0.3, -0.25) is 0 Å². The zero-order chi connectivity index (χ0) is 21.7. The highest BCUT2D eigenvalue weighted by atomic mass is 28.3. The van der Waals surface area contributed by atoms with E-state index in [9.17, 15) is 0 Å². The normalized spacial score (nSPS) is 34.4. The summed E-state index contributed by atoms with van der Waals surface area (Å²) < 4.78 is 5.25. The molecule has 0 saturated heterocycles. The molecule has 4 aliphatic carbocycles. The zero-order valence-electron chi connectivity index (χ0n) is 20.7. The van der Waals surface area contributed by atoms with Crippen LogP contribution in [0.2, 0.25) is 13.1 Å². The fourth-order valence-corrected chi connectivity index (χ4v) is 14.7. The highest BCUT2D eigenvalue weighted by Crippen LogP contribution is 2.64. The van der Waals surface area contributed by atoms with Gasteiger partial charge in [0.25, 0.3) is 0 Å². The molecule has 3 heteroatoms. The van der Waals surface area contributed by atoms with Crippen LogP contribution in [-0.2, 0) is 14.1 Å². The lowest BCUT2D eigenvalue weighted by molar-refractivity contribution is 0.298. The molecule has 31 heavy (non-hydrogen) atoms. The fourth-order valence-electron chi connectivity index (χ4n) is 9.23. The number of nitrogens with zero attached hydrogens (tertiary/aromatic N) is 2. The van der Waals surface area contributed by atoms with Crippen LogP contribution in [0, 0.1) is 25.7 Å². The van der Waals surface area contributed by atoms with Crippen molar-refractivity contribution in [3.63, 3.8) is 0 Å². The molecule has 2 nitrogen and oxygen atoms in total. The van der Waals surface area contributed by atoms with Crippen molar-refractivity contribution >= 4 is 8.07 Å². The number of aromatic nitrogens is 2. The summed E-state index contributed by atoms with van der Waals surface area (Å²) in [6.45, 7) is 10.3. The van der Waals surface area contributed by atoms with Gasteiger partial charge in [0.05, 0.1) is 8.07 Å². The summed E-state index contributed by atoms with van der Waals surface area (Å²) in [4.78, 5) is 0. The van der Waals surface area contributed by atoms with E-state index in [4.69, 9.17) is 0 Å². The summed E-state index contributed by atoms with van der Waals surface area (Å²) in [5.74, 6) is 3.52. The number of hydrogen-bond donors (Lipinski definition) is 0. The lowest BCUT2D eigenvalue weighted by atomic mass is 9.79. The van der Waals surface area contributed by atoms with E-state index in [0.29, 0.717) is 0 Å². The molecule has 0 bridgehead atoms. The van der Waals surface area contributed by atoms with E-state index in [2.05, 4.69) is 62.3 Å². The van der Waals surface area contributed by atoms with Crippen molar-refractivity contribution in [3.8, 4) is 0 Å². The summed E-state index contributed by atoms with van der Waals surface area (Å²) in [5.41, 5.74) is 11.7. The topological polar surface area (TPSA) is 9.86 Å². The van der Waals surface area contributed by atoms with Crippen LogP contribution in [0.1, 0.15) is 108 Å². The van der Waals surface area contributed by atoms with E-state index in [1.165, 1.54) is 62.8 Å². The van der Waals surface area contributed by atoms with Crippen molar-refractivity contribution in [1.29, 1.82) is 0 Å². The molecule has 4 aliphatic rings. The van der Waals surface area contributed by atoms with Crippen LogP contribution in [0.5, 0.6) is 0 Å². The first-order valence-electron chi connectivity index (χ1n) is 13.1. The average Bonchev–Trinajstić information content (AvgIpc) is 3.43. The summed E-state index contributed by atoms with van der Waals surface area (Å²) in [6.07, 6.45) is 11.6. The summed E-state index contributed by atoms with van der Waals surface area (Å²) >= 11 is 0. The first-order valence-corrected chi connectivity index (χ1v) is 16.3. The number of fused-ring (bicyclic) bond motifs is 6. The Morgan fingerprint density at radius 1 is 0.677 bits per heavy atom. The van der Waals surface area contributed by atoms with Crippen LogP contribution in [0.25, 0.3) is 0 Å². The Morgan fingerprint density at radius 3 is 1.48 bits per heavy atom. The standard InChI is InChI=1S/C28H42N2Si/c1-17-15-23-19-11-7-9-13-21(19)27(25(23)29(17)3)31(5,6)28-22-14-10-8-12-20(22)24-16-18(2)30(4)26(24)28/h15-16,19-22,27-28H,7-14H2,1-6H3. The molecule has 2 aromatic rings. The summed E-state index contributed by atoms with van der Waals surface area (Å²) in [6, 6.07) is 5.16. The summed E-state index contributed by atoms with van der Waals surface area (Å²) in [7, 11) is 3.11. The number of hydrogen-bond acceptors (Lipinski definition) is 0. The van der Waals surface area contributed by atoms with Gasteiger partial charge in [0.1, 0.15) is 0 Å². The second kappa shape index (κ2) is 6.89. The van der Waals surface area contributed by atoms with E-state index in [1.807, 2.05) is 0 Å². The fraction of sp³-hybridized carbons (Fsp3) is 0.714. The molecule has 0 N–H and O–H groups in total. The van der Waals surface area contributed by atoms with E-state index in [0.717, 1.165) is 34.8 Å². The third kappa shape index (κ3) is 2.62. The zero-order valence-corrected chi connectivity index (χ0v) is 21.7. The maximum Gasteiger partial charge on any atom is 0.0673 e. The molecule has 0 radical (unpaired) electrons. The van der Waals surface area contributed by atoms with Crippen molar-refractivity contribution in [2.75, 3.05) is 0 Å². The minimum absolute atomic E-state index is 0.834. The molecular weight excluding hydrogens is 392 g/mol. The Balaban J connectivity index is 1.52. The smallest absolute Gasteiger partial charge is 0.0673 e. The van der Waals surface area contributed by atoms with E-state index >= 15 is 0 Å². The van der Waals surface area contributed by atoms with Crippen LogP contribution in [0.15, 0.2) is 12.1 Å².